The highest BCUT2D eigenvalue weighted by atomic mass is 32.2. The van der Waals surface area contributed by atoms with Crippen molar-refractivity contribution in [2.75, 3.05) is 51.4 Å². The second-order valence-corrected chi connectivity index (χ2v) is 9.76. The molecule has 3 aliphatic heterocycles. The van der Waals surface area contributed by atoms with E-state index in [2.05, 4.69) is 4.90 Å². The molecule has 0 unspecified atom stereocenters. The Morgan fingerprint density at radius 1 is 1.07 bits per heavy atom. The molecule has 3 heterocycles. The quantitative estimate of drug-likeness (QED) is 0.622. The number of methoxy groups -OCH3 is 1. The van der Waals surface area contributed by atoms with Gasteiger partial charge in [-0.2, -0.15) is 11.8 Å². The van der Waals surface area contributed by atoms with Crippen LogP contribution in [-0.4, -0.2) is 89.6 Å². The maximum atomic E-state index is 13.6. The Labute approximate surface area is 183 Å². The lowest BCUT2D eigenvalue weighted by atomic mass is 9.85. The third-order valence-electron chi connectivity index (χ3n) is 6.94. The van der Waals surface area contributed by atoms with Crippen molar-refractivity contribution in [3.05, 3.63) is 35.9 Å². The number of likely N-dealkylation sites (tertiary alicyclic amines) is 1. The fraction of sp³-hybridized carbons (Fsp3) is 0.652. The van der Waals surface area contributed by atoms with Crippen LogP contribution < -0.4 is 0 Å². The Balaban J connectivity index is 1.47. The predicted octanol–water partition coefficient (Wildman–Crippen LogP) is 2.87. The van der Waals surface area contributed by atoms with E-state index in [1.807, 2.05) is 47.0 Å². The Kier molecular flexibility index (Phi) is 7.01. The second-order valence-electron chi connectivity index (χ2n) is 8.53. The third-order valence-corrected chi connectivity index (χ3v) is 7.99. The first-order valence-corrected chi connectivity index (χ1v) is 12.3. The number of ether oxygens (including phenoxy) is 1. The molecule has 6 nitrogen and oxygen atoms in total. The summed E-state index contributed by atoms with van der Waals surface area (Å²) >= 11 is 2.04. The van der Waals surface area contributed by atoms with E-state index in [0.717, 1.165) is 31.5 Å². The van der Waals surface area contributed by atoms with Crippen molar-refractivity contribution in [3.63, 3.8) is 0 Å². The summed E-state index contributed by atoms with van der Waals surface area (Å²) in [5, 5.41) is 0. The van der Waals surface area contributed by atoms with Gasteiger partial charge in [-0.15, -0.1) is 0 Å². The van der Waals surface area contributed by atoms with Crippen LogP contribution in [0.25, 0.3) is 0 Å². The van der Waals surface area contributed by atoms with Crippen molar-refractivity contribution in [3.8, 4) is 0 Å². The molecule has 7 heteroatoms. The van der Waals surface area contributed by atoms with Gasteiger partial charge in [-0.25, -0.2) is 4.79 Å². The molecule has 3 fully saturated rings. The average Bonchev–Trinajstić information content (AvgIpc) is 2.98. The van der Waals surface area contributed by atoms with Crippen LogP contribution in [-0.2, 0) is 16.0 Å². The summed E-state index contributed by atoms with van der Waals surface area (Å²) in [6.07, 6.45) is 4.63. The van der Waals surface area contributed by atoms with E-state index in [4.69, 9.17) is 4.74 Å². The SMILES string of the molecule is COCCN1C(=O)N(CCc2ccccc2)C(=O)C12CCN(C1CCSCC1)CC2. The zero-order valence-corrected chi connectivity index (χ0v) is 18.7. The highest BCUT2D eigenvalue weighted by Gasteiger charge is 2.57. The van der Waals surface area contributed by atoms with Crippen LogP contribution in [0.15, 0.2) is 30.3 Å². The number of urea groups is 1. The predicted molar refractivity (Wildman–Crippen MR) is 120 cm³/mol. The molecule has 3 amide bonds. The highest BCUT2D eigenvalue weighted by molar-refractivity contribution is 7.99. The Bertz CT molecular complexity index is 730. The maximum absolute atomic E-state index is 13.6. The lowest BCUT2D eigenvalue weighted by molar-refractivity contribution is -0.136. The van der Waals surface area contributed by atoms with E-state index in [1.165, 1.54) is 29.2 Å². The normalized spacial score (nSPS) is 23.0. The van der Waals surface area contributed by atoms with Gasteiger partial charge in [-0.1, -0.05) is 30.3 Å². The molecule has 0 radical (unpaired) electrons. The van der Waals surface area contributed by atoms with E-state index in [1.54, 1.807) is 7.11 Å². The Hall–Kier alpha value is -1.57. The van der Waals surface area contributed by atoms with Gasteiger partial charge in [0.1, 0.15) is 5.54 Å². The fourth-order valence-electron chi connectivity index (χ4n) is 5.15. The smallest absolute Gasteiger partial charge is 0.327 e. The van der Waals surface area contributed by atoms with Gasteiger partial charge < -0.3 is 14.5 Å². The van der Waals surface area contributed by atoms with Gasteiger partial charge >= 0.3 is 6.03 Å². The minimum atomic E-state index is -0.688. The molecular weight excluding hydrogens is 398 g/mol. The second kappa shape index (κ2) is 9.71. The average molecular weight is 432 g/mol. The van der Waals surface area contributed by atoms with Crippen molar-refractivity contribution in [2.45, 2.75) is 43.7 Å². The van der Waals surface area contributed by atoms with E-state index < -0.39 is 5.54 Å². The number of hydrogen-bond donors (Lipinski definition) is 0. The van der Waals surface area contributed by atoms with Crippen molar-refractivity contribution in [1.29, 1.82) is 0 Å². The first-order chi connectivity index (χ1) is 14.7. The standard InChI is InChI=1S/C23H33N3O3S/c1-29-16-15-26-22(28)25(12-7-19-5-3-2-4-6-19)21(27)23(26)10-13-24(14-11-23)20-8-17-30-18-9-20/h2-6,20H,7-18H2,1H3. The number of benzene rings is 1. The van der Waals surface area contributed by atoms with Crippen LogP contribution in [0.3, 0.4) is 0 Å². The highest BCUT2D eigenvalue weighted by Crippen LogP contribution is 2.38. The van der Waals surface area contributed by atoms with E-state index in [-0.39, 0.29) is 11.9 Å². The number of imide groups is 1. The molecule has 164 valence electrons. The number of thioether (sulfide) groups is 1. The fourth-order valence-corrected chi connectivity index (χ4v) is 6.23. The molecule has 3 saturated heterocycles. The molecule has 0 aliphatic carbocycles. The molecule has 0 bridgehead atoms. The van der Waals surface area contributed by atoms with Crippen LogP contribution in [0.2, 0.25) is 0 Å². The van der Waals surface area contributed by atoms with Crippen LogP contribution in [0.4, 0.5) is 4.79 Å². The lowest BCUT2D eigenvalue weighted by Crippen LogP contribution is -2.58. The van der Waals surface area contributed by atoms with Crippen molar-refractivity contribution >= 4 is 23.7 Å². The molecular formula is C23H33N3O3S. The lowest BCUT2D eigenvalue weighted by Gasteiger charge is -2.45. The molecule has 0 aromatic heterocycles. The third kappa shape index (κ3) is 4.25. The summed E-state index contributed by atoms with van der Waals surface area (Å²) in [7, 11) is 1.64. The number of rotatable bonds is 7. The first-order valence-electron chi connectivity index (χ1n) is 11.1. The molecule has 1 aromatic rings. The van der Waals surface area contributed by atoms with Gasteiger partial charge in [0.15, 0.2) is 0 Å². The van der Waals surface area contributed by atoms with E-state index in [0.29, 0.717) is 32.2 Å². The number of nitrogens with zero attached hydrogens (tertiary/aromatic N) is 3. The van der Waals surface area contributed by atoms with Crippen molar-refractivity contribution in [1.82, 2.24) is 14.7 Å². The van der Waals surface area contributed by atoms with Crippen LogP contribution in [0.5, 0.6) is 0 Å². The molecule has 1 spiro atoms. The van der Waals surface area contributed by atoms with Crippen molar-refractivity contribution in [2.24, 2.45) is 0 Å². The topological polar surface area (TPSA) is 53.1 Å². The summed E-state index contributed by atoms with van der Waals surface area (Å²) in [5.41, 5.74) is 0.458. The number of carbonyl (C=O) groups excluding carboxylic acids is 2. The summed E-state index contributed by atoms with van der Waals surface area (Å²) in [6.45, 7) is 3.16. The Morgan fingerprint density at radius 2 is 1.77 bits per heavy atom. The summed E-state index contributed by atoms with van der Waals surface area (Å²) in [6, 6.07) is 10.6. The van der Waals surface area contributed by atoms with Gasteiger partial charge in [-0.05, 0) is 49.2 Å². The molecule has 0 saturated carbocycles. The zero-order chi connectivity index (χ0) is 21.0. The molecule has 30 heavy (non-hydrogen) atoms. The largest absolute Gasteiger partial charge is 0.383 e. The van der Waals surface area contributed by atoms with Gasteiger partial charge in [0.05, 0.1) is 6.61 Å². The number of piperidine rings is 1. The molecule has 0 atom stereocenters. The summed E-state index contributed by atoms with van der Waals surface area (Å²) < 4.78 is 5.27. The molecule has 0 N–H and O–H groups in total. The van der Waals surface area contributed by atoms with Gasteiger partial charge in [0.25, 0.3) is 5.91 Å². The number of carbonyl (C=O) groups is 2. The first kappa shape index (κ1) is 21.7. The molecule has 1 aromatic carbocycles. The van der Waals surface area contributed by atoms with Crippen LogP contribution >= 0.6 is 11.8 Å². The van der Waals surface area contributed by atoms with E-state index >= 15 is 0 Å². The van der Waals surface area contributed by atoms with Crippen LogP contribution in [0.1, 0.15) is 31.2 Å². The number of amides is 3. The molecule has 4 rings (SSSR count). The minimum absolute atomic E-state index is 0.00150. The molecule has 3 aliphatic rings. The minimum Gasteiger partial charge on any atom is -0.383 e. The van der Waals surface area contributed by atoms with Crippen molar-refractivity contribution < 1.29 is 14.3 Å². The van der Waals surface area contributed by atoms with Crippen LogP contribution in [0, 0.1) is 0 Å². The van der Waals surface area contributed by atoms with Gasteiger partial charge in [0.2, 0.25) is 0 Å². The number of hydrogen-bond acceptors (Lipinski definition) is 5. The summed E-state index contributed by atoms with van der Waals surface area (Å²) in [4.78, 5) is 32.7. The van der Waals surface area contributed by atoms with E-state index in [9.17, 15) is 9.59 Å². The van der Waals surface area contributed by atoms with Gasteiger partial charge in [0, 0.05) is 39.3 Å². The van der Waals surface area contributed by atoms with Gasteiger partial charge in [-0.3, -0.25) is 9.69 Å². The monoisotopic (exact) mass is 431 g/mol. The Morgan fingerprint density at radius 3 is 2.43 bits per heavy atom. The maximum Gasteiger partial charge on any atom is 0.327 e. The summed E-state index contributed by atoms with van der Waals surface area (Å²) in [5.74, 6) is 2.46. The zero-order valence-electron chi connectivity index (χ0n) is 17.9.